The molecule has 2 aromatic carbocycles. The molecular formula is C18H23ClN2O. The molecule has 0 spiro atoms. The molecule has 0 heterocycles. The number of carbonyl (C=O) groups is 1. The lowest BCUT2D eigenvalue weighted by Crippen LogP contribution is -2.53. The first-order valence-electron chi connectivity index (χ1n) is 7.25. The van der Waals surface area contributed by atoms with Crippen LogP contribution in [0.25, 0.3) is 0 Å². The van der Waals surface area contributed by atoms with Crippen molar-refractivity contribution < 1.29 is 4.79 Å². The van der Waals surface area contributed by atoms with E-state index < -0.39 is 5.54 Å². The lowest BCUT2D eigenvalue weighted by atomic mass is 9.84. The van der Waals surface area contributed by atoms with Crippen LogP contribution >= 0.6 is 12.4 Å². The standard InChI is InChI=1S/C18H22N2O.ClH/c1-3-17(21)20(19)18(2,16-12-8-5-9-13-16)14-15-10-6-4-7-11-15;/h4-13H,3,14,19H2,1-2H3;1H. The lowest BCUT2D eigenvalue weighted by Gasteiger charge is -2.39. The van der Waals surface area contributed by atoms with Gasteiger partial charge in [0.2, 0.25) is 5.91 Å². The monoisotopic (exact) mass is 318 g/mol. The number of nitrogens with zero attached hydrogens (tertiary/aromatic N) is 1. The number of nitrogens with two attached hydrogens (primary N) is 1. The van der Waals surface area contributed by atoms with Crippen LogP contribution in [0.1, 0.15) is 31.4 Å². The first kappa shape index (κ1) is 18.2. The summed E-state index contributed by atoms with van der Waals surface area (Å²) in [4.78, 5) is 12.1. The zero-order chi connectivity index (χ0) is 15.3. The highest BCUT2D eigenvalue weighted by Gasteiger charge is 2.34. The molecule has 2 N–H and O–H groups in total. The van der Waals surface area contributed by atoms with E-state index in [2.05, 4.69) is 12.1 Å². The number of halogens is 1. The molecule has 0 saturated carbocycles. The molecule has 0 aliphatic carbocycles. The molecule has 118 valence electrons. The fourth-order valence-corrected chi connectivity index (χ4v) is 2.56. The summed E-state index contributed by atoms with van der Waals surface area (Å²) >= 11 is 0. The van der Waals surface area contributed by atoms with Crippen LogP contribution in [0.15, 0.2) is 60.7 Å². The smallest absolute Gasteiger partial charge is 0.237 e. The number of hydrogen-bond donors (Lipinski definition) is 1. The molecule has 2 aromatic rings. The number of amides is 1. The molecule has 0 aliphatic heterocycles. The Labute approximate surface area is 138 Å². The molecule has 1 unspecified atom stereocenters. The van der Waals surface area contributed by atoms with E-state index in [1.54, 1.807) is 0 Å². The van der Waals surface area contributed by atoms with Gasteiger partial charge < -0.3 is 0 Å². The van der Waals surface area contributed by atoms with Gasteiger partial charge in [-0.1, -0.05) is 67.6 Å². The maximum absolute atomic E-state index is 12.1. The fraction of sp³-hybridized carbons (Fsp3) is 0.278. The van der Waals surface area contributed by atoms with Crippen LogP contribution in [0, 0.1) is 0 Å². The van der Waals surface area contributed by atoms with Gasteiger partial charge in [-0.3, -0.25) is 9.80 Å². The maximum atomic E-state index is 12.1. The number of hydrazine groups is 1. The highest BCUT2D eigenvalue weighted by molar-refractivity contribution is 5.85. The Morgan fingerprint density at radius 2 is 1.55 bits per heavy atom. The molecule has 3 nitrogen and oxygen atoms in total. The average molecular weight is 319 g/mol. The van der Waals surface area contributed by atoms with Crippen LogP contribution in [0.2, 0.25) is 0 Å². The third kappa shape index (κ3) is 3.87. The van der Waals surface area contributed by atoms with Crippen LogP contribution in [0.3, 0.4) is 0 Å². The minimum Gasteiger partial charge on any atom is -0.273 e. The summed E-state index contributed by atoms with van der Waals surface area (Å²) in [6.07, 6.45) is 1.08. The summed E-state index contributed by atoms with van der Waals surface area (Å²) in [5.41, 5.74) is 1.64. The molecule has 0 saturated heterocycles. The second-order valence-electron chi connectivity index (χ2n) is 5.42. The molecule has 1 amide bonds. The van der Waals surface area contributed by atoms with Crippen molar-refractivity contribution in [2.75, 3.05) is 0 Å². The summed E-state index contributed by atoms with van der Waals surface area (Å²) in [6.45, 7) is 3.85. The summed E-state index contributed by atoms with van der Waals surface area (Å²) in [6, 6.07) is 20.1. The van der Waals surface area contributed by atoms with Crippen LogP contribution in [0.5, 0.6) is 0 Å². The largest absolute Gasteiger partial charge is 0.273 e. The average Bonchev–Trinajstić information content (AvgIpc) is 2.55. The molecule has 22 heavy (non-hydrogen) atoms. The van der Waals surface area contributed by atoms with Crippen LogP contribution in [-0.4, -0.2) is 10.9 Å². The minimum atomic E-state index is -0.560. The van der Waals surface area contributed by atoms with Gasteiger partial charge in [0.25, 0.3) is 0 Å². The Morgan fingerprint density at radius 3 is 2.05 bits per heavy atom. The number of hydrogen-bond acceptors (Lipinski definition) is 2. The van der Waals surface area contributed by atoms with Crippen LogP contribution < -0.4 is 5.84 Å². The van der Waals surface area contributed by atoms with Gasteiger partial charge >= 0.3 is 0 Å². The predicted octanol–water partition coefficient (Wildman–Crippen LogP) is 3.68. The minimum absolute atomic E-state index is 0. The zero-order valence-electron chi connectivity index (χ0n) is 13.0. The molecule has 1 atom stereocenters. The summed E-state index contributed by atoms with van der Waals surface area (Å²) in [5.74, 6) is 6.11. The number of benzene rings is 2. The van der Waals surface area contributed by atoms with E-state index in [1.165, 1.54) is 5.01 Å². The highest BCUT2D eigenvalue weighted by Crippen LogP contribution is 2.30. The molecule has 4 heteroatoms. The van der Waals surface area contributed by atoms with Crippen molar-refractivity contribution in [3.63, 3.8) is 0 Å². The van der Waals surface area contributed by atoms with Gasteiger partial charge in [-0.2, -0.15) is 0 Å². The van der Waals surface area contributed by atoms with Gasteiger partial charge in [0.05, 0.1) is 5.54 Å². The first-order chi connectivity index (χ1) is 10.1. The molecule has 0 aliphatic rings. The Balaban J connectivity index is 0.00000242. The fourth-order valence-electron chi connectivity index (χ4n) is 2.56. The van der Waals surface area contributed by atoms with Gasteiger partial charge in [0, 0.05) is 12.8 Å². The second-order valence-corrected chi connectivity index (χ2v) is 5.42. The molecule has 0 radical (unpaired) electrons. The summed E-state index contributed by atoms with van der Waals surface area (Å²) in [7, 11) is 0. The molecule has 0 bridgehead atoms. The van der Waals surface area contributed by atoms with Gasteiger partial charge in [0.1, 0.15) is 0 Å². The van der Waals surface area contributed by atoms with Crippen LogP contribution in [0.4, 0.5) is 0 Å². The Bertz CT molecular complexity index is 589. The topological polar surface area (TPSA) is 46.3 Å². The van der Waals surface area contributed by atoms with E-state index in [0.717, 1.165) is 11.1 Å². The third-order valence-corrected chi connectivity index (χ3v) is 3.89. The van der Waals surface area contributed by atoms with Gasteiger partial charge in [-0.05, 0) is 18.1 Å². The number of carbonyl (C=O) groups excluding carboxylic acids is 1. The number of rotatable bonds is 5. The van der Waals surface area contributed by atoms with Crippen molar-refractivity contribution in [2.45, 2.75) is 32.2 Å². The summed E-state index contributed by atoms with van der Waals surface area (Å²) in [5, 5.41) is 1.38. The van der Waals surface area contributed by atoms with E-state index in [9.17, 15) is 4.79 Å². The van der Waals surface area contributed by atoms with E-state index in [1.807, 2.05) is 62.4 Å². The first-order valence-corrected chi connectivity index (χ1v) is 7.25. The third-order valence-electron chi connectivity index (χ3n) is 3.89. The second kappa shape index (κ2) is 7.97. The van der Waals surface area contributed by atoms with Crippen molar-refractivity contribution in [3.05, 3.63) is 71.8 Å². The Hall–Kier alpha value is -1.84. The Morgan fingerprint density at radius 1 is 1.05 bits per heavy atom. The van der Waals surface area contributed by atoms with E-state index in [0.29, 0.717) is 12.8 Å². The van der Waals surface area contributed by atoms with Crippen molar-refractivity contribution in [2.24, 2.45) is 5.84 Å². The van der Waals surface area contributed by atoms with Gasteiger partial charge in [-0.25, -0.2) is 5.84 Å². The van der Waals surface area contributed by atoms with Crippen LogP contribution in [-0.2, 0) is 16.8 Å². The van der Waals surface area contributed by atoms with Crippen molar-refractivity contribution >= 4 is 18.3 Å². The van der Waals surface area contributed by atoms with Gasteiger partial charge in [0.15, 0.2) is 0 Å². The van der Waals surface area contributed by atoms with Crippen molar-refractivity contribution in [3.8, 4) is 0 Å². The highest BCUT2D eigenvalue weighted by atomic mass is 35.5. The maximum Gasteiger partial charge on any atom is 0.237 e. The van der Waals surface area contributed by atoms with Crippen molar-refractivity contribution in [1.82, 2.24) is 5.01 Å². The molecule has 2 rings (SSSR count). The van der Waals surface area contributed by atoms with E-state index >= 15 is 0 Å². The van der Waals surface area contributed by atoms with Crippen molar-refractivity contribution in [1.29, 1.82) is 0 Å². The Kier molecular flexibility index (Phi) is 6.60. The van der Waals surface area contributed by atoms with Gasteiger partial charge in [-0.15, -0.1) is 12.4 Å². The molecule has 0 fully saturated rings. The lowest BCUT2D eigenvalue weighted by molar-refractivity contribution is -0.137. The normalized spacial score (nSPS) is 12.9. The molecular weight excluding hydrogens is 296 g/mol. The molecule has 0 aromatic heterocycles. The van der Waals surface area contributed by atoms with E-state index in [-0.39, 0.29) is 18.3 Å². The predicted molar refractivity (Wildman–Crippen MR) is 92.5 cm³/mol. The van der Waals surface area contributed by atoms with E-state index in [4.69, 9.17) is 5.84 Å². The quantitative estimate of drug-likeness (QED) is 0.519. The summed E-state index contributed by atoms with van der Waals surface area (Å²) < 4.78 is 0. The SMILES string of the molecule is CCC(=O)N(N)C(C)(Cc1ccccc1)c1ccccc1.Cl. The zero-order valence-corrected chi connectivity index (χ0v) is 13.8.